The molecule has 3 rings (SSSR count). The van der Waals surface area contributed by atoms with Crippen molar-refractivity contribution in [3.63, 3.8) is 0 Å². The molecule has 1 fully saturated rings. The molecule has 7 nitrogen and oxygen atoms in total. The summed E-state index contributed by atoms with van der Waals surface area (Å²) in [5.41, 5.74) is 0.469. The minimum absolute atomic E-state index is 0.0444. The molecule has 0 saturated carbocycles. The van der Waals surface area contributed by atoms with Gasteiger partial charge >= 0.3 is 5.97 Å². The summed E-state index contributed by atoms with van der Waals surface area (Å²) in [6.45, 7) is 2.43. The van der Waals surface area contributed by atoms with Gasteiger partial charge in [-0.3, -0.25) is 4.79 Å². The Kier molecular flexibility index (Phi) is 6.34. The molecule has 2 aromatic rings. The van der Waals surface area contributed by atoms with E-state index in [4.69, 9.17) is 9.47 Å². The molecule has 1 aliphatic heterocycles. The highest BCUT2D eigenvalue weighted by atomic mass is 32.2. The van der Waals surface area contributed by atoms with Crippen molar-refractivity contribution < 1.29 is 27.5 Å². The van der Waals surface area contributed by atoms with Crippen LogP contribution in [0.25, 0.3) is 0 Å². The van der Waals surface area contributed by atoms with Gasteiger partial charge < -0.3 is 9.47 Å². The number of hydrogen-bond donors (Lipinski definition) is 0. The number of ketones is 1. The minimum Gasteiger partial charge on any atom is -0.497 e. The summed E-state index contributed by atoms with van der Waals surface area (Å²) < 4.78 is 37.1. The maximum atomic E-state index is 12.7. The predicted molar refractivity (Wildman–Crippen MR) is 107 cm³/mol. The van der Waals surface area contributed by atoms with E-state index in [1.54, 1.807) is 24.3 Å². The third-order valence-electron chi connectivity index (χ3n) is 4.80. The van der Waals surface area contributed by atoms with Crippen molar-refractivity contribution in [2.45, 2.75) is 30.8 Å². The molecule has 0 radical (unpaired) electrons. The highest BCUT2D eigenvalue weighted by molar-refractivity contribution is 7.89. The number of nitrogens with zero attached hydrogens (tertiary/aromatic N) is 1. The third kappa shape index (κ3) is 4.65. The minimum atomic E-state index is -3.64. The maximum absolute atomic E-state index is 12.7. The SMILES string of the molecule is COc1ccc(C(=O)[C@@H](C)OC(=O)c2cccc(S(=O)(=O)N3CCCC3)c2)cc1. The van der Waals surface area contributed by atoms with Crippen molar-refractivity contribution in [1.29, 1.82) is 0 Å². The van der Waals surface area contributed by atoms with E-state index >= 15 is 0 Å². The van der Waals surface area contributed by atoms with E-state index in [2.05, 4.69) is 0 Å². The number of carbonyl (C=O) groups is 2. The van der Waals surface area contributed by atoms with Crippen LogP contribution in [0.15, 0.2) is 53.4 Å². The van der Waals surface area contributed by atoms with Crippen molar-refractivity contribution in [3.05, 3.63) is 59.7 Å². The molecular formula is C21H23NO6S. The normalized spacial score (nSPS) is 15.7. The Morgan fingerprint density at radius 1 is 1.00 bits per heavy atom. The predicted octanol–water partition coefficient (Wildman–Crippen LogP) is 2.91. The Hall–Kier alpha value is -2.71. The molecular weight excluding hydrogens is 394 g/mol. The maximum Gasteiger partial charge on any atom is 0.338 e. The first-order valence-corrected chi connectivity index (χ1v) is 10.8. The highest BCUT2D eigenvalue weighted by Gasteiger charge is 2.28. The van der Waals surface area contributed by atoms with Crippen LogP contribution >= 0.6 is 0 Å². The Bertz CT molecular complexity index is 994. The highest BCUT2D eigenvalue weighted by Crippen LogP contribution is 2.22. The second-order valence-electron chi connectivity index (χ2n) is 6.78. The molecule has 2 aromatic carbocycles. The number of Topliss-reactive ketones (excluding diaryl/α,β-unsaturated/α-hetero) is 1. The summed E-state index contributed by atoms with van der Waals surface area (Å²) in [5.74, 6) is -0.498. The van der Waals surface area contributed by atoms with E-state index in [0.29, 0.717) is 24.4 Å². The smallest absolute Gasteiger partial charge is 0.338 e. The first-order valence-electron chi connectivity index (χ1n) is 9.32. The molecule has 1 saturated heterocycles. The Morgan fingerprint density at radius 3 is 2.28 bits per heavy atom. The van der Waals surface area contributed by atoms with Crippen LogP contribution in [0.2, 0.25) is 0 Å². The van der Waals surface area contributed by atoms with Crippen molar-refractivity contribution >= 4 is 21.8 Å². The van der Waals surface area contributed by atoms with Gasteiger partial charge in [0.15, 0.2) is 6.10 Å². The van der Waals surface area contributed by atoms with E-state index in [-0.39, 0.29) is 16.2 Å². The largest absolute Gasteiger partial charge is 0.497 e. The van der Waals surface area contributed by atoms with E-state index in [9.17, 15) is 18.0 Å². The summed E-state index contributed by atoms with van der Waals surface area (Å²) in [5, 5.41) is 0. The molecule has 0 aromatic heterocycles. The van der Waals surface area contributed by atoms with Gasteiger partial charge in [-0.1, -0.05) is 6.07 Å². The van der Waals surface area contributed by atoms with Gasteiger partial charge in [-0.05, 0) is 62.2 Å². The number of benzene rings is 2. The van der Waals surface area contributed by atoms with Gasteiger partial charge in [0.1, 0.15) is 5.75 Å². The Balaban J connectivity index is 1.72. The van der Waals surface area contributed by atoms with Crippen molar-refractivity contribution in [2.24, 2.45) is 0 Å². The van der Waals surface area contributed by atoms with Crippen LogP contribution in [0.3, 0.4) is 0 Å². The van der Waals surface area contributed by atoms with Gasteiger partial charge in [0.25, 0.3) is 0 Å². The molecule has 8 heteroatoms. The topological polar surface area (TPSA) is 90.0 Å². The van der Waals surface area contributed by atoms with Crippen LogP contribution in [-0.4, -0.2) is 50.8 Å². The lowest BCUT2D eigenvalue weighted by atomic mass is 10.1. The van der Waals surface area contributed by atoms with Crippen LogP contribution in [0.4, 0.5) is 0 Å². The molecule has 0 spiro atoms. The summed E-state index contributed by atoms with van der Waals surface area (Å²) in [4.78, 5) is 25.0. The molecule has 0 N–H and O–H groups in total. The Morgan fingerprint density at radius 2 is 1.66 bits per heavy atom. The zero-order valence-electron chi connectivity index (χ0n) is 16.3. The van der Waals surface area contributed by atoms with Crippen molar-refractivity contribution in [2.75, 3.05) is 20.2 Å². The van der Waals surface area contributed by atoms with Crippen LogP contribution < -0.4 is 4.74 Å². The van der Waals surface area contributed by atoms with Crippen LogP contribution in [-0.2, 0) is 14.8 Å². The fourth-order valence-corrected chi connectivity index (χ4v) is 4.70. The molecule has 0 bridgehead atoms. The molecule has 0 amide bonds. The van der Waals surface area contributed by atoms with Crippen LogP contribution in [0.5, 0.6) is 5.75 Å². The molecule has 1 heterocycles. The van der Waals surface area contributed by atoms with Crippen LogP contribution in [0, 0.1) is 0 Å². The van der Waals surface area contributed by atoms with Gasteiger partial charge in [-0.25, -0.2) is 13.2 Å². The summed E-state index contributed by atoms with van der Waals surface area (Å²) in [7, 11) is -2.12. The van der Waals surface area contributed by atoms with E-state index < -0.39 is 22.1 Å². The van der Waals surface area contributed by atoms with Gasteiger partial charge in [0, 0.05) is 18.7 Å². The number of ether oxygens (including phenoxy) is 2. The molecule has 1 atom stereocenters. The lowest BCUT2D eigenvalue weighted by molar-refractivity contribution is 0.0318. The number of carbonyl (C=O) groups excluding carboxylic acids is 2. The molecule has 1 aliphatic rings. The van der Waals surface area contributed by atoms with Gasteiger partial charge in [0.2, 0.25) is 15.8 Å². The zero-order valence-corrected chi connectivity index (χ0v) is 17.1. The summed E-state index contributed by atoms with van der Waals surface area (Å²) in [6, 6.07) is 12.2. The monoisotopic (exact) mass is 417 g/mol. The van der Waals surface area contributed by atoms with E-state index in [0.717, 1.165) is 12.8 Å². The lowest BCUT2D eigenvalue weighted by Gasteiger charge is -2.16. The van der Waals surface area contributed by atoms with Gasteiger partial charge in [0.05, 0.1) is 17.6 Å². The number of sulfonamides is 1. The lowest BCUT2D eigenvalue weighted by Crippen LogP contribution is -2.28. The van der Waals surface area contributed by atoms with E-state index in [1.807, 2.05) is 0 Å². The quantitative estimate of drug-likeness (QED) is 0.508. The fourth-order valence-electron chi connectivity index (χ4n) is 3.13. The number of hydrogen-bond acceptors (Lipinski definition) is 6. The summed E-state index contributed by atoms with van der Waals surface area (Å²) >= 11 is 0. The second-order valence-corrected chi connectivity index (χ2v) is 8.72. The fraction of sp³-hybridized carbons (Fsp3) is 0.333. The first-order chi connectivity index (χ1) is 13.8. The zero-order chi connectivity index (χ0) is 21.0. The third-order valence-corrected chi connectivity index (χ3v) is 6.69. The number of methoxy groups -OCH3 is 1. The average molecular weight is 417 g/mol. The number of esters is 1. The molecule has 154 valence electrons. The number of rotatable bonds is 7. The Labute approximate surface area is 170 Å². The second kappa shape index (κ2) is 8.75. The van der Waals surface area contributed by atoms with Gasteiger partial charge in [-0.2, -0.15) is 4.31 Å². The van der Waals surface area contributed by atoms with E-state index in [1.165, 1.54) is 42.6 Å². The average Bonchev–Trinajstić information content (AvgIpc) is 3.29. The van der Waals surface area contributed by atoms with Crippen LogP contribution in [0.1, 0.15) is 40.5 Å². The molecule has 29 heavy (non-hydrogen) atoms. The molecule has 0 unspecified atom stereocenters. The van der Waals surface area contributed by atoms with Gasteiger partial charge in [-0.15, -0.1) is 0 Å². The van der Waals surface area contributed by atoms with Crippen molar-refractivity contribution in [1.82, 2.24) is 4.31 Å². The van der Waals surface area contributed by atoms with Crippen molar-refractivity contribution in [3.8, 4) is 5.75 Å². The summed E-state index contributed by atoms with van der Waals surface area (Å²) in [6.07, 6.45) is 0.632. The standard InChI is InChI=1S/C21H23NO6S/c1-15(20(23)16-8-10-18(27-2)11-9-16)28-21(24)17-6-5-7-19(14-17)29(25,26)22-12-3-4-13-22/h5-11,14-15H,3-4,12-13H2,1-2H3/t15-/m1/s1. The first kappa shape index (κ1) is 21.0. The molecule has 0 aliphatic carbocycles.